The second-order valence-corrected chi connectivity index (χ2v) is 6.14. The Kier molecular flexibility index (Phi) is 5.42. The Bertz CT molecular complexity index is 707. The van der Waals surface area contributed by atoms with E-state index in [1.165, 1.54) is 24.3 Å². The van der Waals surface area contributed by atoms with E-state index in [1.54, 1.807) is 6.20 Å². The van der Waals surface area contributed by atoms with E-state index in [1.807, 2.05) is 11.1 Å². The maximum Gasteiger partial charge on any atom is 0.251 e. The van der Waals surface area contributed by atoms with Gasteiger partial charge in [0.25, 0.3) is 5.91 Å². The highest BCUT2D eigenvalue weighted by Gasteiger charge is 2.24. The average Bonchev–Trinajstić information content (AvgIpc) is 3.17. The lowest BCUT2D eigenvalue weighted by molar-refractivity contribution is -0.132. The van der Waals surface area contributed by atoms with E-state index < -0.39 is 0 Å². The molecule has 2 heterocycles. The van der Waals surface area contributed by atoms with E-state index in [0.29, 0.717) is 24.6 Å². The first-order valence-electron chi connectivity index (χ1n) is 8.44. The first-order valence-corrected chi connectivity index (χ1v) is 8.44. The van der Waals surface area contributed by atoms with Crippen LogP contribution in [0.4, 0.5) is 4.39 Å². The first kappa shape index (κ1) is 17.1. The van der Waals surface area contributed by atoms with Gasteiger partial charge in [0, 0.05) is 49.9 Å². The molecule has 3 rings (SSSR count). The van der Waals surface area contributed by atoms with Gasteiger partial charge in [-0.25, -0.2) is 9.37 Å². The number of aromatic amines is 1. The van der Waals surface area contributed by atoms with Crippen LogP contribution < -0.4 is 5.32 Å². The van der Waals surface area contributed by atoms with Gasteiger partial charge in [-0.15, -0.1) is 0 Å². The van der Waals surface area contributed by atoms with Crippen LogP contribution in [0.3, 0.4) is 0 Å². The number of hydrogen-bond acceptors (Lipinski definition) is 3. The number of hydrogen-bond donors (Lipinski definition) is 2. The SMILES string of the molecule is O=C(NCCC(=O)N1CCC(c2ncc[nH]2)CC1)c1ccc(F)cc1. The molecule has 2 N–H and O–H groups in total. The van der Waals surface area contributed by atoms with Gasteiger partial charge >= 0.3 is 0 Å². The number of imidazole rings is 1. The minimum Gasteiger partial charge on any atom is -0.352 e. The summed E-state index contributed by atoms with van der Waals surface area (Å²) < 4.78 is 12.8. The predicted molar refractivity (Wildman–Crippen MR) is 90.5 cm³/mol. The standard InChI is InChI=1S/C18H21FN4O2/c19-15-3-1-14(2-4-15)18(25)22-8-5-16(24)23-11-6-13(7-12-23)17-20-9-10-21-17/h1-4,9-10,13H,5-8,11-12H2,(H,20,21)(H,22,25). The normalized spacial score (nSPS) is 15.2. The number of likely N-dealkylation sites (tertiary alicyclic amines) is 1. The van der Waals surface area contributed by atoms with Crippen LogP contribution in [0, 0.1) is 5.82 Å². The molecule has 0 spiro atoms. The molecule has 1 aliphatic heterocycles. The van der Waals surface area contributed by atoms with Crippen LogP contribution >= 0.6 is 0 Å². The molecule has 0 radical (unpaired) electrons. The van der Waals surface area contributed by atoms with Gasteiger partial charge < -0.3 is 15.2 Å². The van der Waals surface area contributed by atoms with Crippen molar-refractivity contribution in [3.05, 3.63) is 53.9 Å². The van der Waals surface area contributed by atoms with Crippen LogP contribution in [0.5, 0.6) is 0 Å². The Morgan fingerprint density at radius 1 is 1.24 bits per heavy atom. The lowest BCUT2D eigenvalue weighted by atomic mass is 9.96. The zero-order valence-electron chi connectivity index (χ0n) is 13.9. The zero-order valence-corrected chi connectivity index (χ0v) is 13.9. The van der Waals surface area contributed by atoms with Crippen LogP contribution in [0.15, 0.2) is 36.7 Å². The molecule has 0 unspecified atom stereocenters. The number of nitrogens with zero attached hydrogens (tertiary/aromatic N) is 2. The monoisotopic (exact) mass is 344 g/mol. The number of nitrogens with one attached hydrogen (secondary N) is 2. The smallest absolute Gasteiger partial charge is 0.251 e. The van der Waals surface area contributed by atoms with Gasteiger partial charge in [0.2, 0.25) is 5.91 Å². The van der Waals surface area contributed by atoms with E-state index in [-0.39, 0.29) is 30.6 Å². The maximum atomic E-state index is 12.8. The van der Waals surface area contributed by atoms with Crippen LogP contribution in [-0.2, 0) is 4.79 Å². The summed E-state index contributed by atoms with van der Waals surface area (Å²) in [4.78, 5) is 33.4. The molecule has 2 aromatic rings. The summed E-state index contributed by atoms with van der Waals surface area (Å²) >= 11 is 0. The van der Waals surface area contributed by atoms with Crippen molar-refractivity contribution in [2.75, 3.05) is 19.6 Å². The minimum atomic E-state index is -0.385. The summed E-state index contributed by atoms with van der Waals surface area (Å²) in [5.41, 5.74) is 0.383. The van der Waals surface area contributed by atoms with Crippen LogP contribution in [-0.4, -0.2) is 46.3 Å². The van der Waals surface area contributed by atoms with Crippen molar-refractivity contribution in [3.8, 4) is 0 Å². The number of aromatic nitrogens is 2. The quantitative estimate of drug-likeness (QED) is 0.872. The van der Waals surface area contributed by atoms with Crippen molar-refractivity contribution >= 4 is 11.8 Å². The Morgan fingerprint density at radius 3 is 2.60 bits per heavy atom. The van der Waals surface area contributed by atoms with Gasteiger partial charge in [-0.2, -0.15) is 0 Å². The van der Waals surface area contributed by atoms with Gasteiger partial charge in [0.1, 0.15) is 11.6 Å². The summed E-state index contributed by atoms with van der Waals surface area (Å²) in [6, 6.07) is 5.32. The van der Waals surface area contributed by atoms with Gasteiger partial charge in [-0.1, -0.05) is 0 Å². The molecule has 0 bridgehead atoms. The number of H-pyrrole nitrogens is 1. The highest BCUT2D eigenvalue weighted by atomic mass is 19.1. The Morgan fingerprint density at radius 2 is 1.96 bits per heavy atom. The fourth-order valence-electron chi connectivity index (χ4n) is 3.05. The molecule has 1 aromatic heterocycles. The highest BCUT2D eigenvalue weighted by Crippen LogP contribution is 2.25. The topological polar surface area (TPSA) is 78.1 Å². The fourth-order valence-corrected chi connectivity index (χ4v) is 3.05. The molecule has 2 amide bonds. The van der Waals surface area contributed by atoms with Crippen LogP contribution in [0.1, 0.15) is 41.4 Å². The van der Waals surface area contributed by atoms with Gasteiger partial charge in [0.05, 0.1) is 0 Å². The third-order valence-corrected chi connectivity index (χ3v) is 4.48. The largest absolute Gasteiger partial charge is 0.352 e. The molecule has 1 fully saturated rings. The lowest BCUT2D eigenvalue weighted by Gasteiger charge is -2.31. The van der Waals surface area contributed by atoms with Crippen LogP contribution in [0.25, 0.3) is 0 Å². The number of halogens is 1. The van der Waals surface area contributed by atoms with E-state index in [2.05, 4.69) is 15.3 Å². The predicted octanol–water partition coefficient (Wildman–Crippen LogP) is 2.07. The molecule has 1 saturated heterocycles. The Labute approximate surface area is 145 Å². The molecule has 0 aliphatic carbocycles. The molecule has 1 aromatic carbocycles. The summed E-state index contributed by atoms with van der Waals surface area (Å²) in [6.45, 7) is 1.68. The Balaban J connectivity index is 1.39. The van der Waals surface area contributed by atoms with E-state index in [4.69, 9.17) is 0 Å². The molecule has 1 aliphatic rings. The molecule has 25 heavy (non-hydrogen) atoms. The number of benzene rings is 1. The molecule has 0 atom stereocenters. The molecule has 7 heteroatoms. The van der Waals surface area contributed by atoms with E-state index in [9.17, 15) is 14.0 Å². The average molecular weight is 344 g/mol. The second kappa shape index (κ2) is 7.92. The third-order valence-electron chi connectivity index (χ3n) is 4.48. The van der Waals surface area contributed by atoms with Crippen molar-refractivity contribution in [3.63, 3.8) is 0 Å². The third kappa shape index (κ3) is 4.43. The van der Waals surface area contributed by atoms with Crippen molar-refractivity contribution in [2.24, 2.45) is 0 Å². The van der Waals surface area contributed by atoms with Crippen LogP contribution in [0.2, 0.25) is 0 Å². The molecule has 0 saturated carbocycles. The zero-order chi connectivity index (χ0) is 17.6. The van der Waals surface area contributed by atoms with Crippen molar-refractivity contribution in [1.82, 2.24) is 20.2 Å². The molecular formula is C18H21FN4O2. The summed E-state index contributed by atoms with van der Waals surface area (Å²) in [5, 5.41) is 2.70. The van der Waals surface area contributed by atoms with Crippen molar-refractivity contribution in [2.45, 2.75) is 25.2 Å². The molecule has 6 nitrogen and oxygen atoms in total. The minimum absolute atomic E-state index is 0.0392. The summed E-state index contributed by atoms with van der Waals surface area (Å²) in [7, 11) is 0. The molecular weight excluding hydrogens is 323 g/mol. The Hall–Kier alpha value is -2.70. The number of amides is 2. The maximum absolute atomic E-state index is 12.8. The van der Waals surface area contributed by atoms with E-state index >= 15 is 0 Å². The van der Waals surface area contributed by atoms with E-state index in [0.717, 1.165) is 18.7 Å². The number of rotatable bonds is 5. The summed E-state index contributed by atoms with van der Waals surface area (Å²) in [5.74, 6) is 0.710. The van der Waals surface area contributed by atoms with Crippen molar-refractivity contribution in [1.29, 1.82) is 0 Å². The second-order valence-electron chi connectivity index (χ2n) is 6.14. The molecule has 132 valence electrons. The van der Waals surface area contributed by atoms with Gasteiger partial charge in [0.15, 0.2) is 0 Å². The lowest BCUT2D eigenvalue weighted by Crippen LogP contribution is -2.39. The van der Waals surface area contributed by atoms with Crippen molar-refractivity contribution < 1.29 is 14.0 Å². The fraction of sp³-hybridized carbons (Fsp3) is 0.389. The van der Waals surface area contributed by atoms with Gasteiger partial charge in [-0.05, 0) is 37.1 Å². The number of carbonyl (C=O) groups excluding carboxylic acids is 2. The first-order chi connectivity index (χ1) is 12.1. The number of carbonyl (C=O) groups is 2. The number of piperidine rings is 1. The summed E-state index contributed by atoms with van der Waals surface area (Å²) in [6.07, 6.45) is 5.61. The highest BCUT2D eigenvalue weighted by molar-refractivity contribution is 5.94. The van der Waals surface area contributed by atoms with Gasteiger partial charge in [-0.3, -0.25) is 9.59 Å².